The van der Waals surface area contributed by atoms with E-state index >= 15 is 0 Å². The molecular weight excluding hydrogens is 236 g/mol. The van der Waals surface area contributed by atoms with Crippen molar-refractivity contribution in [3.8, 4) is 6.07 Å². The molecule has 3 heteroatoms. The topological polar surface area (TPSA) is 44.1 Å². The monoisotopic (exact) mass is 262 g/mol. The standard InChI is InChI=1S/C16H26N2O/c1-12(2)10-18(16(19)15-7-8-15)11-14-5-3-13(9-17)4-6-14/h12-15H,3-8,10-11H2,1-2H3. The van der Waals surface area contributed by atoms with Crippen LogP contribution in [0.25, 0.3) is 0 Å². The lowest BCUT2D eigenvalue weighted by molar-refractivity contribution is -0.134. The smallest absolute Gasteiger partial charge is 0.225 e. The zero-order valence-corrected chi connectivity index (χ0v) is 12.3. The van der Waals surface area contributed by atoms with Crippen molar-refractivity contribution in [3.05, 3.63) is 0 Å². The number of carbonyl (C=O) groups is 1. The summed E-state index contributed by atoms with van der Waals surface area (Å²) in [5, 5.41) is 8.93. The van der Waals surface area contributed by atoms with Crippen LogP contribution < -0.4 is 0 Å². The quantitative estimate of drug-likeness (QED) is 0.763. The van der Waals surface area contributed by atoms with Crippen LogP contribution in [-0.4, -0.2) is 23.9 Å². The average Bonchev–Trinajstić information content (AvgIpc) is 3.22. The third-order valence-electron chi connectivity index (χ3n) is 4.33. The molecule has 0 radical (unpaired) electrons. The summed E-state index contributed by atoms with van der Waals surface area (Å²) in [5.41, 5.74) is 0. The molecule has 1 amide bonds. The van der Waals surface area contributed by atoms with Crippen molar-refractivity contribution in [2.45, 2.75) is 52.4 Å². The van der Waals surface area contributed by atoms with Crippen LogP contribution in [-0.2, 0) is 4.79 Å². The lowest BCUT2D eigenvalue weighted by atomic mass is 9.82. The zero-order valence-electron chi connectivity index (χ0n) is 12.3. The molecule has 2 fully saturated rings. The minimum Gasteiger partial charge on any atom is -0.342 e. The highest BCUT2D eigenvalue weighted by Gasteiger charge is 2.34. The highest BCUT2D eigenvalue weighted by Crippen LogP contribution is 2.33. The third kappa shape index (κ3) is 4.23. The second-order valence-electron chi connectivity index (χ2n) is 6.76. The molecule has 19 heavy (non-hydrogen) atoms. The number of nitriles is 1. The molecule has 0 unspecified atom stereocenters. The van der Waals surface area contributed by atoms with Crippen LogP contribution in [0.5, 0.6) is 0 Å². The van der Waals surface area contributed by atoms with Gasteiger partial charge in [0.15, 0.2) is 0 Å². The second kappa shape index (κ2) is 6.41. The highest BCUT2D eigenvalue weighted by atomic mass is 16.2. The molecule has 2 rings (SSSR count). The van der Waals surface area contributed by atoms with Gasteiger partial charge >= 0.3 is 0 Å². The van der Waals surface area contributed by atoms with Crippen molar-refractivity contribution in [2.75, 3.05) is 13.1 Å². The first kappa shape index (κ1) is 14.4. The van der Waals surface area contributed by atoms with Gasteiger partial charge in [0, 0.05) is 24.9 Å². The van der Waals surface area contributed by atoms with Crippen LogP contribution in [0.1, 0.15) is 52.4 Å². The minimum atomic E-state index is 0.258. The molecule has 0 aromatic rings. The maximum atomic E-state index is 12.3. The summed E-state index contributed by atoms with van der Waals surface area (Å²) in [5.74, 6) is 2.13. The Kier molecular flexibility index (Phi) is 4.85. The van der Waals surface area contributed by atoms with Crippen LogP contribution in [0.4, 0.5) is 0 Å². The summed E-state index contributed by atoms with van der Waals surface area (Å²) in [6.45, 7) is 6.18. The number of hydrogen-bond donors (Lipinski definition) is 0. The summed E-state index contributed by atoms with van der Waals surface area (Å²) >= 11 is 0. The number of nitrogens with zero attached hydrogens (tertiary/aromatic N) is 2. The van der Waals surface area contributed by atoms with E-state index in [0.29, 0.717) is 23.7 Å². The summed E-state index contributed by atoms with van der Waals surface area (Å²) in [6, 6.07) is 2.38. The molecule has 2 saturated carbocycles. The molecule has 106 valence electrons. The summed E-state index contributed by atoms with van der Waals surface area (Å²) in [4.78, 5) is 14.4. The molecule has 2 aliphatic rings. The lowest BCUT2D eigenvalue weighted by Gasteiger charge is -2.32. The SMILES string of the molecule is CC(C)CN(CC1CCC(C#N)CC1)C(=O)C1CC1. The predicted molar refractivity (Wildman–Crippen MR) is 75.2 cm³/mol. The minimum absolute atomic E-state index is 0.258. The van der Waals surface area contributed by atoms with Gasteiger partial charge in [0.1, 0.15) is 0 Å². The first-order chi connectivity index (χ1) is 9.10. The van der Waals surface area contributed by atoms with Gasteiger partial charge in [-0.2, -0.15) is 5.26 Å². The molecule has 0 N–H and O–H groups in total. The molecule has 3 nitrogen and oxygen atoms in total. The van der Waals surface area contributed by atoms with Gasteiger partial charge < -0.3 is 4.90 Å². The Morgan fingerprint density at radius 3 is 2.32 bits per heavy atom. The average molecular weight is 262 g/mol. The molecule has 2 aliphatic carbocycles. The van der Waals surface area contributed by atoms with E-state index in [9.17, 15) is 4.79 Å². The van der Waals surface area contributed by atoms with Gasteiger partial charge in [0.25, 0.3) is 0 Å². The van der Waals surface area contributed by atoms with Gasteiger partial charge in [0.05, 0.1) is 6.07 Å². The molecule has 0 heterocycles. The molecule has 0 bridgehead atoms. The Hall–Kier alpha value is -1.04. The van der Waals surface area contributed by atoms with Gasteiger partial charge in [-0.3, -0.25) is 4.79 Å². The number of rotatable bonds is 5. The number of amides is 1. The Morgan fingerprint density at radius 2 is 1.84 bits per heavy atom. The fourth-order valence-electron chi connectivity index (χ4n) is 3.07. The predicted octanol–water partition coefficient (Wildman–Crippen LogP) is 3.21. The van der Waals surface area contributed by atoms with Crippen LogP contribution in [0.3, 0.4) is 0 Å². The fourth-order valence-corrected chi connectivity index (χ4v) is 3.07. The van der Waals surface area contributed by atoms with Gasteiger partial charge in [0.2, 0.25) is 5.91 Å². The third-order valence-corrected chi connectivity index (χ3v) is 4.33. The number of hydrogen-bond acceptors (Lipinski definition) is 2. The molecule has 0 aromatic heterocycles. The van der Waals surface area contributed by atoms with Gasteiger partial charge in [-0.15, -0.1) is 0 Å². The van der Waals surface area contributed by atoms with Crippen molar-refractivity contribution in [2.24, 2.45) is 23.7 Å². The van der Waals surface area contributed by atoms with E-state index in [1.807, 2.05) is 0 Å². The van der Waals surface area contributed by atoms with Crippen molar-refractivity contribution in [1.29, 1.82) is 5.26 Å². The van der Waals surface area contributed by atoms with Crippen molar-refractivity contribution in [1.82, 2.24) is 4.90 Å². The summed E-state index contributed by atoms with van der Waals surface area (Å²) in [6.07, 6.45) is 6.46. The van der Waals surface area contributed by atoms with E-state index < -0.39 is 0 Å². The summed E-state index contributed by atoms with van der Waals surface area (Å²) < 4.78 is 0. The zero-order chi connectivity index (χ0) is 13.8. The Labute approximate surface area is 117 Å². The van der Waals surface area contributed by atoms with Crippen molar-refractivity contribution in [3.63, 3.8) is 0 Å². The Balaban J connectivity index is 1.85. The van der Waals surface area contributed by atoms with E-state index in [2.05, 4.69) is 24.8 Å². The maximum Gasteiger partial charge on any atom is 0.225 e. The first-order valence-corrected chi connectivity index (χ1v) is 7.78. The molecule has 0 spiro atoms. The van der Waals surface area contributed by atoms with Crippen molar-refractivity contribution >= 4 is 5.91 Å². The summed E-state index contributed by atoms with van der Waals surface area (Å²) in [7, 11) is 0. The Morgan fingerprint density at radius 1 is 1.21 bits per heavy atom. The molecule has 0 aromatic carbocycles. The Bertz CT molecular complexity index is 346. The first-order valence-electron chi connectivity index (χ1n) is 7.78. The molecule has 0 atom stereocenters. The lowest BCUT2D eigenvalue weighted by Crippen LogP contribution is -2.39. The van der Waals surface area contributed by atoms with Crippen LogP contribution in [0.2, 0.25) is 0 Å². The second-order valence-corrected chi connectivity index (χ2v) is 6.76. The highest BCUT2D eigenvalue weighted by molar-refractivity contribution is 5.81. The van der Waals surface area contributed by atoms with E-state index in [-0.39, 0.29) is 5.92 Å². The van der Waals surface area contributed by atoms with E-state index in [0.717, 1.165) is 51.6 Å². The van der Waals surface area contributed by atoms with Crippen LogP contribution in [0.15, 0.2) is 0 Å². The van der Waals surface area contributed by atoms with E-state index in [1.54, 1.807) is 0 Å². The fraction of sp³-hybridized carbons (Fsp3) is 0.875. The molecule has 0 aliphatic heterocycles. The largest absolute Gasteiger partial charge is 0.342 e. The van der Waals surface area contributed by atoms with Crippen molar-refractivity contribution < 1.29 is 4.79 Å². The van der Waals surface area contributed by atoms with Gasteiger partial charge in [-0.05, 0) is 50.4 Å². The maximum absolute atomic E-state index is 12.3. The molecular formula is C16H26N2O. The van der Waals surface area contributed by atoms with Crippen LogP contribution in [0, 0.1) is 35.0 Å². The molecule has 0 saturated heterocycles. The van der Waals surface area contributed by atoms with Gasteiger partial charge in [-0.1, -0.05) is 13.8 Å². The van der Waals surface area contributed by atoms with E-state index in [4.69, 9.17) is 5.26 Å². The van der Waals surface area contributed by atoms with Gasteiger partial charge in [-0.25, -0.2) is 0 Å². The van der Waals surface area contributed by atoms with E-state index in [1.165, 1.54) is 0 Å². The van der Waals surface area contributed by atoms with Crippen LogP contribution >= 0.6 is 0 Å². The number of carbonyl (C=O) groups excluding carboxylic acids is 1. The normalized spacial score (nSPS) is 27.1.